The number of pyridine rings is 2. The van der Waals surface area contributed by atoms with Crippen molar-refractivity contribution in [3.8, 4) is 50.7 Å². The van der Waals surface area contributed by atoms with Crippen molar-refractivity contribution >= 4 is 46.2 Å². The maximum atomic E-state index is 6.58. The molecule has 0 saturated carbocycles. The Morgan fingerprint density at radius 3 is 1.91 bits per heavy atom. The Bertz CT molecular complexity index is 3370. The van der Waals surface area contributed by atoms with Crippen molar-refractivity contribution in [2.24, 2.45) is 5.41 Å². The Kier molecular flexibility index (Phi) is 14.3. The van der Waals surface area contributed by atoms with Gasteiger partial charge in [-0.15, -0.1) is 54.1 Å². The third-order valence-corrected chi connectivity index (χ3v) is 14.8. The summed E-state index contributed by atoms with van der Waals surface area (Å²) in [5.41, 5.74) is 17.3. The first-order chi connectivity index (χ1) is 32.6. The fraction of sp³-hybridized carbons (Fsp3) is 0.242. The molecule has 0 atom stereocenters. The second-order valence-electron chi connectivity index (χ2n) is 21.0. The van der Waals surface area contributed by atoms with Crippen LogP contribution in [0.3, 0.4) is 0 Å². The molecule has 0 unspecified atom stereocenters. The van der Waals surface area contributed by atoms with Gasteiger partial charge >= 0.3 is 0 Å². The van der Waals surface area contributed by atoms with E-state index in [1.807, 2.05) is 42.5 Å². The van der Waals surface area contributed by atoms with Gasteiger partial charge in [0.15, 0.2) is 0 Å². The zero-order valence-corrected chi connectivity index (χ0v) is 45.2. The second kappa shape index (κ2) is 20.0. The topological polar surface area (TPSA) is 56.7 Å². The molecule has 0 aliphatic heterocycles. The number of imidazole rings is 1. The molecule has 0 fully saturated rings. The Labute approximate surface area is 423 Å². The van der Waals surface area contributed by atoms with E-state index in [1.54, 1.807) is 0 Å². The molecule has 10 rings (SSSR count). The quantitative estimate of drug-likeness (QED) is 0.107. The summed E-state index contributed by atoms with van der Waals surface area (Å²) in [4.78, 5) is 15.2. The van der Waals surface area contributed by atoms with Crippen LogP contribution in [0.4, 0.5) is 0 Å². The molecule has 0 amide bonds. The number of aromatic nitrogens is 4. The minimum atomic E-state index is -1.37. The number of rotatable bonds is 9. The van der Waals surface area contributed by atoms with Crippen molar-refractivity contribution in [3.63, 3.8) is 0 Å². The minimum Gasteiger partial charge on any atom is -0.501 e. The molecule has 69 heavy (non-hydrogen) atoms. The summed E-state index contributed by atoms with van der Waals surface area (Å²) in [5.74, 6) is 1.30. The van der Waals surface area contributed by atoms with E-state index in [0.717, 1.165) is 79.0 Å². The monoisotopic (exact) mass is 1100 g/mol. The Hall–Kier alpha value is -6.24. The standard InChI is InChI=1S/C43H36N3O.C19H26NSi.Ir/c1-26(2)35-23-31(29-15-8-6-9-16-29)24-36(27(3)4)41(35)46-38-25-37(30-17-10-7-11-18-30)44-28(5)40(38)45-43(46)34-21-14-20-33-32-19-12-13-22-39(32)47-42(33)34;1-19(2,3)13-16-12-17(15-10-8-7-9-11-15)20-14-18(16)21(4,5)6;/h6-20,22-27H,1-5H3;7-10,12,14H,13H2,1-6H3;/q2*-1;. The largest absolute Gasteiger partial charge is 0.501 e. The molecule has 0 aliphatic rings. The minimum absolute atomic E-state index is 0. The van der Waals surface area contributed by atoms with Gasteiger partial charge in [-0.3, -0.25) is 9.97 Å². The van der Waals surface area contributed by atoms with Crippen LogP contribution in [0, 0.1) is 24.5 Å². The van der Waals surface area contributed by atoms with Crippen molar-refractivity contribution in [1.29, 1.82) is 0 Å². The first-order valence-electron chi connectivity index (χ1n) is 24.0. The zero-order valence-electron chi connectivity index (χ0n) is 41.8. The van der Waals surface area contributed by atoms with Gasteiger partial charge in [-0.1, -0.05) is 170 Å². The average molecular weight is 1100 g/mol. The van der Waals surface area contributed by atoms with Crippen molar-refractivity contribution in [2.75, 3.05) is 0 Å². The van der Waals surface area contributed by atoms with E-state index in [2.05, 4.69) is 201 Å². The Morgan fingerprint density at radius 2 is 1.29 bits per heavy atom. The molecular weight excluding hydrogens is 1040 g/mol. The smallest absolute Gasteiger partial charge is 0.120 e. The number of fused-ring (bicyclic) bond motifs is 4. The third kappa shape index (κ3) is 10.2. The van der Waals surface area contributed by atoms with Gasteiger partial charge in [0.2, 0.25) is 0 Å². The van der Waals surface area contributed by atoms with Crippen LogP contribution in [0.25, 0.3) is 83.7 Å². The van der Waals surface area contributed by atoms with Crippen LogP contribution in [0.5, 0.6) is 0 Å². The summed E-state index contributed by atoms with van der Waals surface area (Å²) in [7, 11) is -1.37. The molecule has 0 aliphatic carbocycles. The van der Waals surface area contributed by atoms with Crippen LogP contribution in [-0.2, 0) is 26.5 Å². The number of furan rings is 1. The number of hydrogen-bond acceptors (Lipinski definition) is 4. The number of para-hydroxylation sites is 1. The predicted octanol–water partition coefficient (Wildman–Crippen LogP) is 16.4. The first-order valence-corrected chi connectivity index (χ1v) is 27.5. The van der Waals surface area contributed by atoms with Crippen molar-refractivity contribution in [2.45, 2.75) is 93.3 Å². The fourth-order valence-corrected chi connectivity index (χ4v) is 11.0. The number of hydrogen-bond donors (Lipinski definition) is 0. The number of nitrogens with zero attached hydrogens (tertiary/aromatic N) is 4. The zero-order chi connectivity index (χ0) is 47.9. The molecule has 4 heterocycles. The van der Waals surface area contributed by atoms with Crippen LogP contribution in [0.2, 0.25) is 19.6 Å². The van der Waals surface area contributed by atoms with E-state index in [0.29, 0.717) is 0 Å². The SMILES string of the molecule is CC(C)(C)Cc1cc(-c2[c-]cccc2)ncc1[Si](C)(C)C.Cc1nc(-c2ccccc2)cc2c1nc(-c1[c-]ccc3c1oc1ccccc13)n2-c1c(C(C)C)cc(-c2ccccc2)cc1C(C)C.[Ir]. The van der Waals surface area contributed by atoms with Gasteiger partial charge in [0.05, 0.1) is 41.9 Å². The van der Waals surface area contributed by atoms with E-state index in [1.165, 1.54) is 38.7 Å². The summed E-state index contributed by atoms with van der Waals surface area (Å²) in [5, 5.41) is 3.63. The van der Waals surface area contributed by atoms with Crippen LogP contribution in [0.15, 0.2) is 156 Å². The van der Waals surface area contributed by atoms with Gasteiger partial charge in [-0.2, -0.15) is 0 Å². The van der Waals surface area contributed by atoms with Crippen molar-refractivity contribution in [3.05, 3.63) is 186 Å². The van der Waals surface area contributed by atoms with Crippen molar-refractivity contribution < 1.29 is 24.5 Å². The molecule has 1 radical (unpaired) electrons. The predicted molar refractivity (Wildman–Crippen MR) is 289 cm³/mol. The van der Waals surface area contributed by atoms with Crippen LogP contribution in [-0.4, -0.2) is 27.6 Å². The molecule has 6 aromatic carbocycles. The Morgan fingerprint density at radius 1 is 0.652 bits per heavy atom. The summed E-state index contributed by atoms with van der Waals surface area (Å²) < 4.78 is 8.95. The maximum absolute atomic E-state index is 6.58. The van der Waals surface area contributed by atoms with E-state index in [4.69, 9.17) is 19.4 Å². The third-order valence-electron chi connectivity index (χ3n) is 12.7. The molecule has 0 bridgehead atoms. The second-order valence-corrected chi connectivity index (χ2v) is 26.0. The summed E-state index contributed by atoms with van der Waals surface area (Å²) in [6, 6.07) is 57.5. The van der Waals surface area contributed by atoms with E-state index in [-0.39, 0.29) is 37.4 Å². The van der Waals surface area contributed by atoms with Gasteiger partial charge < -0.3 is 14.0 Å². The molecule has 4 aromatic heterocycles. The van der Waals surface area contributed by atoms with E-state index in [9.17, 15) is 0 Å². The normalized spacial score (nSPS) is 11.9. The van der Waals surface area contributed by atoms with Gasteiger partial charge in [-0.05, 0) is 88.0 Å². The molecule has 0 N–H and O–H groups in total. The first kappa shape index (κ1) is 49.2. The molecule has 7 heteroatoms. The fourth-order valence-electron chi connectivity index (χ4n) is 9.44. The maximum Gasteiger partial charge on any atom is 0.120 e. The average Bonchev–Trinajstić information content (AvgIpc) is 3.90. The summed E-state index contributed by atoms with van der Waals surface area (Å²) in [6.07, 6.45) is 3.21. The molecule has 5 nitrogen and oxygen atoms in total. The van der Waals surface area contributed by atoms with Gasteiger partial charge in [0.1, 0.15) is 5.58 Å². The van der Waals surface area contributed by atoms with Crippen LogP contribution in [0.1, 0.15) is 82.7 Å². The van der Waals surface area contributed by atoms with Crippen LogP contribution >= 0.6 is 0 Å². The Balaban J connectivity index is 0.000000246. The van der Waals surface area contributed by atoms with Gasteiger partial charge in [0, 0.05) is 42.9 Å². The number of benzene rings is 6. The van der Waals surface area contributed by atoms with Crippen LogP contribution < -0.4 is 5.19 Å². The van der Waals surface area contributed by atoms with Gasteiger partial charge in [0.25, 0.3) is 0 Å². The van der Waals surface area contributed by atoms with Crippen molar-refractivity contribution in [1.82, 2.24) is 19.5 Å². The summed E-state index contributed by atoms with van der Waals surface area (Å²) in [6.45, 7) is 25.3. The van der Waals surface area contributed by atoms with E-state index < -0.39 is 8.07 Å². The molecular formula is C62H62IrN4OSi-2. The van der Waals surface area contributed by atoms with E-state index >= 15 is 0 Å². The number of aryl methyl sites for hydroxylation is 1. The molecule has 10 aromatic rings. The summed E-state index contributed by atoms with van der Waals surface area (Å²) >= 11 is 0. The molecule has 0 saturated heterocycles. The van der Waals surface area contributed by atoms with Gasteiger partial charge in [-0.25, -0.2) is 0 Å². The molecule has 351 valence electrons. The molecule has 0 spiro atoms.